The van der Waals surface area contributed by atoms with E-state index in [1.165, 1.54) is 24.3 Å². The number of hydrogen-bond acceptors (Lipinski definition) is 5. The molecule has 2 amide bonds. The maximum atomic E-state index is 12.7. The molecule has 0 radical (unpaired) electrons. The number of non-ortho nitro benzene ring substituents is 1. The highest BCUT2D eigenvalue weighted by Gasteiger charge is 2.33. The molecule has 0 bridgehead atoms. The lowest BCUT2D eigenvalue weighted by Gasteiger charge is -2.20. The maximum absolute atomic E-state index is 12.7. The van der Waals surface area contributed by atoms with Crippen molar-refractivity contribution in [1.82, 2.24) is 4.90 Å². The van der Waals surface area contributed by atoms with Crippen molar-refractivity contribution in [2.45, 2.75) is 19.6 Å². The van der Waals surface area contributed by atoms with Crippen LogP contribution in [0.2, 0.25) is 0 Å². The predicted molar refractivity (Wildman–Crippen MR) is 84.5 cm³/mol. The molecule has 0 N–H and O–H groups in total. The molecule has 0 saturated carbocycles. The SMILES string of the molecule is C[C@@H]1Oc2ccccc2C(=O)N(Cc2ccc([N+](=O)[O-])cc2)C1=O. The summed E-state index contributed by atoms with van der Waals surface area (Å²) in [5, 5.41) is 10.7. The van der Waals surface area contributed by atoms with Gasteiger partial charge in [0, 0.05) is 12.1 Å². The Labute approximate surface area is 137 Å². The largest absolute Gasteiger partial charge is 0.480 e. The normalized spacial score (nSPS) is 17.0. The zero-order valence-corrected chi connectivity index (χ0v) is 12.8. The number of nitrogens with zero attached hydrogens (tertiary/aromatic N) is 2. The molecule has 3 rings (SSSR count). The van der Waals surface area contributed by atoms with Crippen LogP contribution in [0, 0.1) is 10.1 Å². The van der Waals surface area contributed by atoms with Gasteiger partial charge in [0.25, 0.3) is 17.5 Å². The lowest BCUT2D eigenvalue weighted by atomic mass is 10.1. The number of benzene rings is 2. The van der Waals surface area contributed by atoms with E-state index in [1.54, 1.807) is 31.2 Å². The molecule has 1 aliphatic heterocycles. The van der Waals surface area contributed by atoms with Crippen LogP contribution in [0.15, 0.2) is 48.5 Å². The van der Waals surface area contributed by atoms with Crippen LogP contribution in [-0.4, -0.2) is 27.7 Å². The second-order valence-corrected chi connectivity index (χ2v) is 5.41. The minimum Gasteiger partial charge on any atom is -0.480 e. The topological polar surface area (TPSA) is 89.8 Å². The highest BCUT2D eigenvalue weighted by atomic mass is 16.6. The molecule has 0 aliphatic carbocycles. The molecule has 0 spiro atoms. The third kappa shape index (κ3) is 2.83. The first-order chi connectivity index (χ1) is 11.5. The summed E-state index contributed by atoms with van der Waals surface area (Å²) < 4.78 is 5.56. The van der Waals surface area contributed by atoms with E-state index in [1.807, 2.05) is 0 Å². The summed E-state index contributed by atoms with van der Waals surface area (Å²) in [6.45, 7) is 1.61. The van der Waals surface area contributed by atoms with Crippen LogP contribution in [0.4, 0.5) is 5.69 Å². The van der Waals surface area contributed by atoms with Crippen LogP contribution < -0.4 is 4.74 Å². The molecular weight excluding hydrogens is 312 g/mol. The number of carbonyl (C=O) groups excluding carboxylic acids is 2. The van der Waals surface area contributed by atoms with Crippen molar-refractivity contribution in [3.8, 4) is 5.75 Å². The first-order valence-corrected chi connectivity index (χ1v) is 7.32. The van der Waals surface area contributed by atoms with Gasteiger partial charge in [0.1, 0.15) is 5.75 Å². The van der Waals surface area contributed by atoms with Crippen molar-refractivity contribution >= 4 is 17.5 Å². The fourth-order valence-corrected chi connectivity index (χ4v) is 2.51. The third-order valence-corrected chi connectivity index (χ3v) is 3.77. The van der Waals surface area contributed by atoms with E-state index in [9.17, 15) is 19.7 Å². The molecule has 0 unspecified atom stereocenters. The van der Waals surface area contributed by atoms with Gasteiger partial charge in [0.2, 0.25) is 0 Å². The zero-order valence-electron chi connectivity index (χ0n) is 12.8. The van der Waals surface area contributed by atoms with Gasteiger partial charge in [-0.25, -0.2) is 0 Å². The summed E-state index contributed by atoms with van der Waals surface area (Å²) in [7, 11) is 0. The van der Waals surface area contributed by atoms with Gasteiger partial charge in [0.15, 0.2) is 6.10 Å². The van der Waals surface area contributed by atoms with Crippen molar-refractivity contribution in [2.75, 3.05) is 0 Å². The average molecular weight is 326 g/mol. The molecule has 0 aromatic heterocycles. The van der Waals surface area contributed by atoms with Crippen LogP contribution in [0.3, 0.4) is 0 Å². The van der Waals surface area contributed by atoms with Gasteiger partial charge in [-0.3, -0.25) is 24.6 Å². The number of rotatable bonds is 3. The number of hydrogen-bond donors (Lipinski definition) is 0. The predicted octanol–water partition coefficient (Wildman–Crippen LogP) is 2.54. The van der Waals surface area contributed by atoms with E-state index < -0.39 is 22.8 Å². The minimum atomic E-state index is -0.796. The molecule has 1 atom stereocenters. The van der Waals surface area contributed by atoms with E-state index in [4.69, 9.17) is 4.74 Å². The Hall–Kier alpha value is -3.22. The first kappa shape index (κ1) is 15.7. The number of carbonyl (C=O) groups is 2. The van der Waals surface area contributed by atoms with Gasteiger partial charge < -0.3 is 4.74 Å². The van der Waals surface area contributed by atoms with E-state index in [2.05, 4.69) is 0 Å². The van der Waals surface area contributed by atoms with Crippen molar-refractivity contribution in [3.63, 3.8) is 0 Å². The molecule has 0 saturated heterocycles. The van der Waals surface area contributed by atoms with E-state index in [0.29, 0.717) is 16.9 Å². The number of ether oxygens (including phenoxy) is 1. The molecule has 2 aromatic carbocycles. The van der Waals surface area contributed by atoms with Crippen molar-refractivity contribution < 1.29 is 19.2 Å². The summed E-state index contributed by atoms with van der Waals surface area (Å²) in [6.07, 6.45) is -0.796. The Kier molecular flexibility index (Phi) is 3.99. The zero-order chi connectivity index (χ0) is 17.3. The number of fused-ring (bicyclic) bond motifs is 1. The van der Waals surface area contributed by atoms with Gasteiger partial charge in [-0.05, 0) is 24.6 Å². The smallest absolute Gasteiger partial charge is 0.270 e. The maximum Gasteiger partial charge on any atom is 0.270 e. The Balaban J connectivity index is 1.92. The molecule has 7 heteroatoms. The summed E-state index contributed by atoms with van der Waals surface area (Å²) in [6, 6.07) is 12.4. The van der Waals surface area contributed by atoms with Gasteiger partial charge >= 0.3 is 0 Å². The van der Waals surface area contributed by atoms with Crippen LogP contribution in [0.5, 0.6) is 5.75 Å². The molecule has 1 heterocycles. The molecule has 1 aliphatic rings. The molecule has 7 nitrogen and oxygen atoms in total. The minimum absolute atomic E-state index is 0.0255. The fourth-order valence-electron chi connectivity index (χ4n) is 2.51. The van der Waals surface area contributed by atoms with Crippen LogP contribution >= 0.6 is 0 Å². The second kappa shape index (κ2) is 6.11. The Morgan fingerprint density at radius 3 is 2.46 bits per heavy atom. The van der Waals surface area contributed by atoms with E-state index in [0.717, 1.165) is 4.90 Å². The average Bonchev–Trinajstić information content (AvgIpc) is 2.66. The Morgan fingerprint density at radius 2 is 1.79 bits per heavy atom. The van der Waals surface area contributed by atoms with Crippen LogP contribution in [-0.2, 0) is 11.3 Å². The fraction of sp³-hybridized carbons (Fsp3) is 0.176. The monoisotopic (exact) mass is 326 g/mol. The summed E-state index contributed by atoms with van der Waals surface area (Å²) >= 11 is 0. The Bertz CT molecular complexity index is 816. The van der Waals surface area contributed by atoms with Crippen molar-refractivity contribution in [3.05, 3.63) is 69.8 Å². The molecule has 122 valence electrons. The number of para-hydroxylation sites is 1. The van der Waals surface area contributed by atoms with Gasteiger partial charge in [-0.15, -0.1) is 0 Å². The lowest BCUT2D eigenvalue weighted by molar-refractivity contribution is -0.384. The standard InChI is InChI=1S/C17H14N2O5/c1-11-16(20)18(10-12-6-8-13(9-7-12)19(22)23)17(21)14-4-2-3-5-15(14)24-11/h2-9,11H,10H2,1H3/t11-/m0/s1. The second-order valence-electron chi connectivity index (χ2n) is 5.41. The van der Waals surface area contributed by atoms with Crippen LogP contribution in [0.25, 0.3) is 0 Å². The first-order valence-electron chi connectivity index (χ1n) is 7.32. The molecule has 0 fully saturated rings. The summed E-state index contributed by atoms with van der Waals surface area (Å²) in [5.74, 6) is -0.526. The van der Waals surface area contributed by atoms with Gasteiger partial charge in [-0.1, -0.05) is 24.3 Å². The number of imide groups is 1. The lowest BCUT2D eigenvalue weighted by Crippen LogP contribution is -2.41. The molecule has 2 aromatic rings. The van der Waals surface area contributed by atoms with Crippen molar-refractivity contribution in [1.29, 1.82) is 0 Å². The number of amides is 2. The highest BCUT2D eigenvalue weighted by Crippen LogP contribution is 2.26. The molecular formula is C17H14N2O5. The van der Waals surface area contributed by atoms with Gasteiger partial charge in [0.05, 0.1) is 17.0 Å². The third-order valence-electron chi connectivity index (χ3n) is 3.77. The van der Waals surface area contributed by atoms with Crippen LogP contribution in [0.1, 0.15) is 22.8 Å². The quantitative estimate of drug-likeness (QED) is 0.491. The van der Waals surface area contributed by atoms with Crippen molar-refractivity contribution in [2.24, 2.45) is 0 Å². The molecule has 24 heavy (non-hydrogen) atoms. The Morgan fingerprint density at radius 1 is 1.12 bits per heavy atom. The number of nitro groups is 1. The summed E-state index contributed by atoms with van der Waals surface area (Å²) in [5.41, 5.74) is 0.889. The van der Waals surface area contributed by atoms with Gasteiger partial charge in [-0.2, -0.15) is 0 Å². The highest BCUT2D eigenvalue weighted by molar-refractivity contribution is 6.08. The summed E-state index contributed by atoms with van der Waals surface area (Å²) in [4.78, 5) is 36.5. The van der Waals surface area contributed by atoms with E-state index in [-0.39, 0.29) is 12.2 Å². The van der Waals surface area contributed by atoms with E-state index >= 15 is 0 Å². The number of nitro benzene ring substituents is 1.